The highest BCUT2D eigenvalue weighted by molar-refractivity contribution is 7.47. The number of benzene rings is 2. The van der Waals surface area contributed by atoms with Crippen LogP contribution >= 0.6 is 7.82 Å². The number of hydrogen-bond donors (Lipinski definition) is 1. The van der Waals surface area contributed by atoms with Crippen molar-refractivity contribution >= 4 is 18.6 Å². The van der Waals surface area contributed by atoms with Crippen LogP contribution in [-0.2, 0) is 24.9 Å². The third-order valence-electron chi connectivity index (χ3n) is 5.41. The van der Waals surface area contributed by atoms with E-state index in [1.54, 1.807) is 0 Å². The van der Waals surface area contributed by atoms with Crippen LogP contribution in [0.1, 0.15) is 77.2 Å². The Morgan fingerprint density at radius 2 is 1.53 bits per heavy atom. The summed E-state index contributed by atoms with van der Waals surface area (Å²) in [5, 5.41) is 1.82. The van der Waals surface area contributed by atoms with E-state index >= 15 is 0 Å². The zero-order chi connectivity index (χ0) is 23.1. The molecule has 0 aliphatic carbocycles. The van der Waals surface area contributed by atoms with Gasteiger partial charge in [-0.1, -0.05) is 99.4 Å². The van der Waals surface area contributed by atoms with Crippen LogP contribution in [0.4, 0.5) is 0 Å². The van der Waals surface area contributed by atoms with Gasteiger partial charge in [0.1, 0.15) is 0 Å². The molecule has 0 bridgehead atoms. The van der Waals surface area contributed by atoms with E-state index in [0.717, 1.165) is 35.6 Å². The molecule has 0 heterocycles. The van der Waals surface area contributed by atoms with Crippen molar-refractivity contribution in [3.05, 3.63) is 42.0 Å². The molecule has 180 valence electrons. The second kappa shape index (κ2) is 15.4. The standard InChI is InChI=1S/C25H39O6P/c1-3-5-6-7-8-9-10-11-12-16-23-19-18-22-15-13-14-17-24(22)25(23)30-31-32(26,27)29-21-20-28-4-2/h13-15,17-19H,3-12,16,20-21H2,1-2H3,(H,26,27). The van der Waals surface area contributed by atoms with E-state index in [4.69, 9.17) is 18.8 Å². The molecule has 2 aromatic rings. The van der Waals surface area contributed by atoms with Crippen LogP contribution in [0.15, 0.2) is 36.4 Å². The number of unbranched alkanes of at least 4 members (excludes halogenated alkanes) is 8. The SMILES string of the molecule is CCCCCCCCCCCc1ccc2ccccc2c1OOP(=O)(O)OCCOCC. The third kappa shape index (κ3) is 10.0. The maximum atomic E-state index is 12.2. The topological polar surface area (TPSA) is 74.2 Å². The van der Waals surface area contributed by atoms with E-state index in [-0.39, 0.29) is 13.2 Å². The lowest BCUT2D eigenvalue weighted by molar-refractivity contribution is -0.128. The first-order chi connectivity index (χ1) is 15.6. The summed E-state index contributed by atoms with van der Waals surface area (Å²) in [4.78, 5) is 15.3. The Kier molecular flexibility index (Phi) is 12.9. The largest absolute Gasteiger partial charge is 0.508 e. The highest BCUT2D eigenvalue weighted by Gasteiger charge is 2.25. The Morgan fingerprint density at radius 3 is 2.25 bits per heavy atom. The van der Waals surface area contributed by atoms with Gasteiger partial charge in [0.05, 0.1) is 13.2 Å². The molecule has 0 saturated heterocycles. The summed E-state index contributed by atoms with van der Waals surface area (Å²) in [7, 11) is -4.35. The number of fused-ring (bicyclic) bond motifs is 1. The first kappa shape index (κ1) is 26.8. The Bertz CT molecular complexity index is 825. The number of ether oxygens (including phenoxy) is 1. The average molecular weight is 467 g/mol. The zero-order valence-corrected chi connectivity index (χ0v) is 20.5. The van der Waals surface area contributed by atoms with Gasteiger partial charge in [-0.25, -0.2) is 4.57 Å². The summed E-state index contributed by atoms with van der Waals surface area (Å²) < 4.78 is 27.0. The quantitative estimate of drug-likeness (QED) is 0.107. The van der Waals surface area contributed by atoms with Crippen LogP contribution in [0.3, 0.4) is 0 Å². The number of phosphoric acid groups is 1. The number of hydrogen-bond acceptors (Lipinski definition) is 5. The smallest absolute Gasteiger partial charge is 0.379 e. The molecular formula is C25H39O6P. The Balaban J connectivity index is 1.91. The molecule has 1 unspecified atom stereocenters. The molecule has 0 spiro atoms. The van der Waals surface area contributed by atoms with Gasteiger partial charge >= 0.3 is 7.82 Å². The lowest BCUT2D eigenvalue weighted by atomic mass is 10.00. The van der Waals surface area contributed by atoms with E-state index < -0.39 is 7.82 Å². The summed E-state index contributed by atoms with van der Waals surface area (Å²) in [5.74, 6) is 0.477. The molecule has 0 aromatic heterocycles. The maximum Gasteiger partial charge on any atom is 0.508 e. The molecule has 0 amide bonds. The summed E-state index contributed by atoms with van der Waals surface area (Å²) in [6, 6.07) is 11.8. The minimum absolute atomic E-state index is 0.0498. The fourth-order valence-corrected chi connectivity index (χ4v) is 4.19. The summed E-state index contributed by atoms with van der Waals surface area (Å²) in [6.07, 6.45) is 12.1. The molecule has 0 radical (unpaired) electrons. The van der Waals surface area contributed by atoms with Crippen molar-refractivity contribution in [2.75, 3.05) is 19.8 Å². The van der Waals surface area contributed by atoms with E-state index in [9.17, 15) is 9.46 Å². The van der Waals surface area contributed by atoms with Gasteiger partial charge in [-0.15, -0.1) is 0 Å². The van der Waals surface area contributed by atoms with Crippen LogP contribution in [0, 0.1) is 0 Å². The van der Waals surface area contributed by atoms with Gasteiger partial charge in [0.15, 0.2) is 5.75 Å². The molecule has 0 saturated carbocycles. The second-order valence-electron chi connectivity index (χ2n) is 8.01. The predicted octanol–water partition coefficient (Wildman–Crippen LogP) is 7.38. The van der Waals surface area contributed by atoms with Gasteiger partial charge in [0, 0.05) is 12.0 Å². The minimum Gasteiger partial charge on any atom is -0.379 e. The summed E-state index contributed by atoms with van der Waals surface area (Å²) in [6.45, 7) is 4.75. The normalized spacial score (nSPS) is 13.3. The van der Waals surface area contributed by atoms with Crippen molar-refractivity contribution in [3.8, 4) is 5.75 Å². The zero-order valence-electron chi connectivity index (χ0n) is 19.6. The highest BCUT2D eigenvalue weighted by Crippen LogP contribution is 2.44. The van der Waals surface area contributed by atoms with Crippen molar-refractivity contribution in [1.82, 2.24) is 0 Å². The van der Waals surface area contributed by atoms with Gasteiger partial charge in [-0.05, 0) is 30.7 Å². The highest BCUT2D eigenvalue weighted by atomic mass is 31.2. The molecule has 32 heavy (non-hydrogen) atoms. The third-order valence-corrected chi connectivity index (χ3v) is 6.18. The van der Waals surface area contributed by atoms with E-state index in [1.807, 2.05) is 43.3 Å². The molecule has 0 fully saturated rings. The average Bonchev–Trinajstić information content (AvgIpc) is 2.79. The van der Waals surface area contributed by atoms with Gasteiger partial charge in [-0.3, -0.25) is 4.52 Å². The molecular weight excluding hydrogens is 427 g/mol. The summed E-state index contributed by atoms with van der Waals surface area (Å²) in [5.41, 5.74) is 0.959. The van der Waals surface area contributed by atoms with Crippen LogP contribution in [0.5, 0.6) is 5.75 Å². The molecule has 0 aliphatic heterocycles. The molecule has 0 aliphatic rings. The van der Waals surface area contributed by atoms with E-state index in [1.165, 1.54) is 44.9 Å². The second-order valence-corrected chi connectivity index (χ2v) is 9.35. The van der Waals surface area contributed by atoms with Crippen molar-refractivity contribution in [2.24, 2.45) is 0 Å². The monoisotopic (exact) mass is 466 g/mol. The number of phosphoric ester groups is 1. The first-order valence-electron chi connectivity index (χ1n) is 12.0. The predicted molar refractivity (Wildman–Crippen MR) is 129 cm³/mol. The van der Waals surface area contributed by atoms with Gasteiger partial charge in [-0.2, -0.15) is 0 Å². The van der Waals surface area contributed by atoms with Crippen LogP contribution in [0.25, 0.3) is 10.8 Å². The lowest BCUT2D eigenvalue weighted by Crippen LogP contribution is -2.06. The molecule has 1 atom stereocenters. The Hall–Kier alpha value is -1.43. The van der Waals surface area contributed by atoms with Gasteiger partial charge in [0.2, 0.25) is 0 Å². The van der Waals surface area contributed by atoms with Crippen LogP contribution in [0.2, 0.25) is 0 Å². The fourth-order valence-electron chi connectivity index (χ4n) is 3.67. The van der Waals surface area contributed by atoms with E-state index in [0.29, 0.717) is 12.4 Å². The minimum atomic E-state index is -4.35. The molecule has 2 rings (SSSR count). The fraction of sp³-hybridized carbons (Fsp3) is 0.600. The number of aryl methyl sites for hydroxylation is 1. The van der Waals surface area contributed by atoms with Crippen molar-refractivity contribution in [3.63, 3.8) is 0 Å². The molecule has 6 nitrogen and oxygen atoms in total. The molecule has 2 aromatic carbocycles. The van der Waals surface area contributed by atoms with E-state index in [2.05, 4.69) is 6.92 Å². The van der Waals surface area contributed by atoms with Gasteiger partial charge < -0.3 is 14.5 Å². The Morgan fingerprint density at radius 1 is 0.844 bits per heavy atom. The molecule has 1 N–H and O–H groups in total. The van der Waals surface area contributed by atoms with Crippen LogP contribution < -0.4 is 4.89 Å². The van der Waals surface area contributed by atoms with Gasteiger partial charge in [0.25, 0.3) is 0 Å². The molecule has 7 heteroatoms. The van der Waals surface area contributed by atoms with Crippen LogP contribution in [-0.4, -0.2) is 24.7 Å². The first-order valence-corrected chi connectivity index (χ1v) is 13.5. The van der Waals surface area contributed by atoms with Crippen molar-refractivity contribution in [2.45, 2.75) is 78.1 Å². The Labute approximate surface area is 192 Å². The maximum absolute atomic E-state index is 12.2. The van der Waals surface area contributed by atoms with Crippen molar-refractivity contribution in [1.29, 1.82) is 0 Å². The summed E-state index contributed by atoms with van der Waals surface area (Å²) >= 11 is 0. The number of rotatable bonds is 18. The lowest BCUT2D eigenvalue weighted by Gasteiger charge is -2.15. The van der Waals surface area contributed by atoms with Crippen molar-refractivity contribution < 1.29 is 28.3 Å².